The molecule has 42 heteroatoms. The van der Waals surface area contributed by atoms with E-state index in [0.29, 0.717) is 56.6 Å². The summed E-state index contributed by atoms with van der Waals surface area (Å²) < 4.78 is 146. The van der Waals surface area contributed by atoms with Crippen LogP contribution in [0.25, 0.3) is 45.0 Å². The number of alkyl halides is 10. The number of aryl methyl sites for hydroxylation is 1. The molecule has 8 heterocycles. The lowest BCUT2D eigenvalue weighted by molar-refractivity contribution is -0.325. The molecule has 0 spiro atoms. The lowest BCUT2D eigenvalue weighted by Crippen LogP contribution is -2.42. The van der Waals surface area contributed by atoms with Crippen molar-refractivity contribution in [2.24, 2.45) is 0 Å². The van der Waals surface area contributed by atoms with Gasteiger partial charge in [0.25, 0.3) is 22.2 Å². The van der Waals surface area contributed by atoms with E-state index < -0.39 is 73.1 Å². The fourth-order valence-corrected chi connectivity index (χ4v) is 9.97. The van der Waals surface area contributed by atoms with Crippen LogP contribution in [0.5, 0.6) is 23.8 Å². The van der Waals surface area contributed by atoms with Gasteiger partial charge < -0.3 is 40.2 Å². The first-order valence-corrected chi connectivity index (χ1v) is 34.5. The van der Waals surface area contributed by atoms with Crippen LogP contribution < -0.4 is 62.5 Å². The molecular weight excluding hydrogens is 1550 g/mol. The van der Waals surface area contributed by atoms with Gasteiger partial charge in [-0.15, -0.1) is 13.2 Å². The first kappa shape index (κ1) is 85.1. The third-order valence-corrected chi connectivity index (χ3v) is 16.2. The van der Waals surface area contributed by atoms with Gasteiger partial charge in [-0.3, -0.25) is 43.1 Å². The van der Waals surface area contributed by atoms with Crippen molar-refractivity contribution < 1.29 is 86.8 Å². The van der Waals surface area contributed by atoms with E-state index >= 15 is 0 Å². The number of nitrogens with zero attached hydrogens (tertiary/aromatic N) is 14. The standard InChI is InChI=1S/C20H18F2N4O3.C19H15ClF2N4O3.C17H18F3N5O4.C16H16F3N5O3/c1-13-4-2-3-5-14(13)10-23-17(27)12-26-19(28)9-7-16(25-26)15-6-8-18(24-11-15)29-20(21)22;20-14-4-1-12(2-5-14)9-23-16(27)11-26-18(28)8-6-15(25-26)13-3-7-17(24-10-13)29-19(21)22;18-17(19,20)29-7-6-28-16-21-8-11(9-22-16)13-4-5-15(27)25(24-13)10-14(26)23-12-2-1-3-12;17-16(18,19)9-27-15-20-6-10(7-21-15)12-4-5-14(26)24(23-12)8-13(25)22-11-2-1-3-11/h2-9,11,20H,10,12H2,1H3,(H,23,27);1-8,10,19H,9,11H2,(H,23,27);4-5,8-9,12H,1-3,6-7,10H2,(H,23,26);4-7,11H,1-3,8-9H2,(H,22,25). The molecular formula is C72H67ClF10N18O13. The average molecular weight is 1620 g/mol. The zero-order chi connectivity index (χ0) is 81.9. The maximum atomic E-state index is 12.2. The second-order valence-corrected chi connectivity index (χ2v) is 24.9. The number of nitrogens with one attached hydrogen (secondary N) is 4. The molecule has 12 rings (SSSR count). The van der Waals surface area contributed by atoms with Crippen molar-refractivity contribution in [2.75, 3.05) is 19.8 Å². The van der Waals surface area contributed by atoms with Gasteiger partial charge in [0.1, 0.15) is 32.8 Å². The van der Waals surface area contributed by atoms with E-state index in [4.69, 9.17) is 16.3 Å². The second kappa shape index (κ2) is 40.8. The quantitative estimate of drug-likeness (QED) is 0.0266. The number of carbonyl (C=O) groups is 4. The molecule has 600 valence electrons. The van der Waals surface area contributed by atoms with Crippen LogP contribution in [0.4, 0.5) is 43.9 Å². The molecule has 2 fully saturated rings. The van der Waals surface area contributed by atoms with Gasteiger partial charge in [-0.2, -0.15) is 51.1 Å². The highest BCUT2D eigenvalue weighted by Crippen LogP contribution is 2.24. The van der Waals surface area contributed by atoms with E-state index in [1.807, 2.05) is 31.2 Å². The van der Waals surface area contributed by atoms with Crippen LogP contribution in [-0.2, 0) is 63.2 Å². The van der Waals surface area contributed by atoms with Gasteiger partial charge >= 0.3 is 37.8 Å². The molecule has 114 heavy (non-hydrogen) atoms. The first-order chi connectivity index (χ1) is 54.4. The van der Waals surface area contributed by atoms with Crippen molar-refractivity contribution in [1.29, 1.82) is 0 Å². The predicted molar refractivity (Wildman–Crippen MR) is 383 cm³/mol. The minimum absolute atomic E-state index is 0.132. The van der Waals surface area contributed by atoms with Gasteiger partial charge in [0.2, 0.25) is 35.4 Å². The number of rotatable bonds is 28. The van der Waals surface area contributed by atoms with Crippen LogP contribution in [0, 0.1) is 6.92 Å². The Labute approximate surface area is 642 Å². The van der Waals surface area contributed by atoms with Crippen LogP contribution in [0.3, 0.4) is 0 Å². The third kappa shape index (κ3) is 28.1. The van der Waals surface area contributed by atoms with E-state index in [-0.39, 0.29) is 86.9 Å². The van der Waals surface area contributed by atoms with Gasteiger partial charge in [-0.25, -0.2) is 48.6 Å². The van der Waals surface area contributed by atoms with Crippen molar-refractivity contribution in [3.63, 3.8) is 0 Å². The molecule has 2 saturated carbocycles. The highest BCUT2D eigenvalue weighted by atomic mass is 35.5. The molecule has 4 amide bonds. The second-order valence-electron chi connectivity index (χ2n) is 24.4. The fraction of sp³-hybridized carbons (Fsp3) is 0.306. The van der Waals surface area contributed by atoms with Gasteiger partial charge in [0.15, 0.2) is 6.61 Å². The van der Waals surface area contributed by atoms with Crippen LogP contribution in [0.1, 0.15) is 55.2 Å². The molecule has 2 aromatic carbocycles. The zero-order valence-electron chi connectivity index (χ0n) is 59.7. The van der Waals surface area contributed by atoms with Crippen molar-refractivity contribution in [3.05, 3.63) is 222 Å². The summed E-state index contributed by atoms with van der Waals surface area (Å²) in [4.78, 5) is 119. The van der Waals surface area contributed by atoms with Crippen molar-refractivity contribution in [3.8, 4) is 68.8 Å². The largest absolute Gasteiger partial charge is 0.522 e. The Hall–Kier alpha value is -13.0. The summed E-state index contributed by atoms with van der Waals surface area (Å²) in [5.41, 5.74) is 4.25. The minimum atomic E-state index is -4.72. The van der Waals surface area contributed by atoms with Crippen LogP contribution in [0.15, 0.2) is 178 Å². The lowest BCUT2D eigenvalue weighted by Gasteiger charge is -2.26. The summed E-state index contributed by atoms with van der Waals surface area (Å²) in [7, 11) is 0. The average Bonchev–Trinajstić information content (AvgIpc) is 0.838. The first-order valence-electron chi connectivity index (χ1n) is 34.2. The number of amides is 4. The lowest BCUT2D eigenvalue weighted by atomic mass is 9.93. The molecule has 0 radical (unpaired) electrons. The van der Waals surface area contributed by atoms with Gasteiger partial charge in [0, 0.05) is 126 Å². The van der Waals surface area contributed by atoms with Gasteiger partial charge in [0.05, 0.1) is 29.4 Å². The number of pyridine rings is 2. The molecule has 2 aliphatic carbocycles. The Bertz CT molecular complexity index is 5120. The zero-order valence-corrected chi connectivity index (χ0v) is 60.4. The van der Waals surface area contributed by atoms with E-state index in [1.54, 1.807) is 24.3 Å². The molecule has 0 aliphatic heterocycles. The maximum absolute atomic E-state index is 12.2. The van der Waals surface area contributed by atoms with E-state index in [1.165, 1.54) is 110 Å². The number of aromatic nitrogens is 14. The van der Waals surface area contributed by atoms with Crippen molar-refractivity contribution in [1.82, 2.24) is 90.3 Å². The van der Waals surface area contributed by atoms with E-state index in [2.05, 4.69) is 90.5 Å². The highest BCUT2D eigenvalue weighted by molar-refractivity contribution is 6.30. The number of benzene rings is 2. The molecule has 0 unspecified atom stereocenters. The summed E-state index contributed by atoms with van der Waals surface area (Å²) in [6.45, 7) is -6.89. The normalized spacial score (nSPS) is 12.5. The Morgan fingerprint density at radius 3 is 1.22 bits per heavy atom. The summed E-state index contributed by atoms with van der Waals surface area (Å²) >= 11 is 5.82. The van der Waals surface area contributed by atoms with Crippen LogP contribution in [-0.4, -0.2) is 150 Å². The van der Waals surface area contributed by atoms with Crippen molar-refractivity contribution in [2.45, 2.75) is 123 Å². The van der Waals surface area contributed by atoms with E-state index in [0.717, 1.165) is 73.9 Å². The minimum Gasteiger partial charge on any atom is -0.461 e. The van der Waals surface area contributed by atoms with Crippen molar-refractivity contribution >= 4 is 35.2 Å². The fourth-order valence-electron chi connectivity index (χ4n) is 9.85. The molecule has 31 nitrogen and oxygen atoms in total. The molecule has 2 aliphatic rings. The number of ether oxygens (including phenoxy) is 5. The number of halogens is 11. The molecule has 0 saturated heterocycles. The molecule has 8 aromatic heterocycles. The number of hydrogen-bond donors (Lipinski definition) is 4. The Morgan fingerprint density at radius 1 is 0.465 bits per heavy atom. The Balaban J connectivity index is 0.000000174. The Kier molecular flexibility index (Phi) is 30.5. The third-order valence-electron chi connectivity index (χ3n) is 16.0. The van der Waals surface area contributed by atoms with E-state index in [9.17, 15) is 82.3 Å². The molecule has 4 N–H and O–H groups in total. The summed E-state index contributed by atoms with van der Waals surface area (Å²) in [6.07, 6.45) is 4.38. The SMILES string of the molecule is Cc1ccccc1CNC(=O)Cn1nc(-c2ccc(OC(F)F)nc2)ccc1=O.O=C(Cn1nc(-c2ccc(OC(F)F)nc2)ccc1=O)NCc1ccc(Cl)cc1.O=C(Cn1nc(-c2cnc(OCC(F)(F)F)nc2)ccc1=O)NC1CCC1.O=C(Cn1nc(-c2cnc(OCCOC(F)(F)F)nc2)ccc1=O)NC1CCC1. The van der Waals surface area contributed by atoms with Gasteiger partial charge in [-0.05, 0) is 111 Å². The molecule has 10 aromatic rings. The van der Waals surface area contributed by atoms with Crippen LogP contribution >= 0.6 is 11.6 Å². The maximum Gasteiger partial charge on any atom is 0.522 e. The molecule has 0 atom stereocenters. The highest BCUT2D eigenvalue weighted by Gasteiger charge is 2.30. The summed E-state index contributed by atoms with van der Waals surface area (Å²) in [6, 6.07) is 30.7. The Morgan fingerprint density at radius 2 is 0.851 bits per heavy atom. The monoisotopic (exact) mass is 1620 g/mol. The summed E-state index contributed by atoms with van der Waals surface area (Å²) in [5.74, 6) is -1.82. The smallest absolute Gasteiger partial charge is 0.461 e. The molecule has 0 bridgehead atoms. The topological polar surface area (TPSA) is 379 Å². The summed E-state index contributed by atoms with van der Waals surface area (Å²) in [5, 5.41) is 28.2. The number of hydrogen-bond acceptors (Lipinski definition) is 23. The number of carbonyl (C=O) groups excluding carboxylic acids is 4. The van der Waals surface area contributed by atoms with Gasteiger partial charge in [-0.1, -0.05) is 48.0 Å². The van der Waals surface area contributed by atoms with Crippen LogP contribution in [0.2, 0.25) is 5.02 Å². The predicted octanol–water partition coefficient (Wildman–Crippen LogP) is 8.00.